The summed E-state index contributed by atoms with van der Waals surface area (Å²) in [7, 11) is 1.54. The van der Waals surface area contributed by atoms with Crippen LogP contribution in [-0.4, -0.2) is 19.6 Å². The van der Waals surface area contributed by atoms with Gasteiger partial charge in [0.2, 0.25) is 5.91 Å². The minimum Gasteiger partial charge on any atom is -0.495 e. The van der Waals surface area contributed by atoms with Gasteiger partial charge in [0.1, 0.15) is 17.1 Å². The Kier molecular flexibility index (Phi) is 5.26. The zero-order valence-corrected chi connectivity index (χ0v) is 14.8. The molecular weight excluding hydrogens is 340 g/mol. The summed E-state index contributed by atoms with van der Waals surface area (Å²) in [5.41, 5.74) is 1.46. The van der Waals surface area contributed by atoms with Crippen molar-refractivity contribution in [3.8, 4) is 5.75 Å². The van der Waals surface area contributed by atoms with Gasteiger partial charge in [-0.15, -0.1) is 0 Å². The number of ether oxygens (including phenoxy) is 1. The highest BCUT2D eigenvalue weighted by Gasteiger charge is 2.13. The van der Waals surface area contributed by atoms with E-state index in [4.69, 9.17) is 20.8 Å². The van der Waals surface area contributed by atoms with E-state index in [1.807, 2.05) is 37.3 Å². The van der Waals surface area contributed by atoms with Gasteiger partial charge in [-0.05, 0) is 37.3 Å². The summed E-state index contributed by atoms with van der Waals surface area (Å²) in [6.07, 6.45) is 0. The highest BCUT2D eigenvalue weighted by atomic mass is 35.5. The van der Waals surface area contributed by atoms with Gasteiger partial charge in [-0.25, -0.2) is 0 Å². The second-order valence-electron chi connectivity index (χ2n) is 5.69. The predicted octanol–water partition coefficient (Wildman–Crippen LogP) is 4.38. The van der Waals surface area contributed by atoms with Crippen molar-refractivity contribution in [2.75, 3.05) is 19.0 Å². The van der Waals surface area contributed by atoms with Crippen LogP contribution in [0.15, 0.2) is 52.9 Å². The lowest BCUT2D eigenvalue weighted by Gasteiger charge is -2.12. The molecule has 3 aromatic rings. The van der Waals surface area contributed by atoms with Gasteiger partial charge in [0.25, 0.3) is 0 Å². The van der Waals surface area contributed by atoms with Crippen LogP contribution in [0.1, 0.15) is 18.7 Å². The molecule has 0 bridgehead atoms. The van der Waals surface area contributed by atoms with Crippen LogP contribution < -0.4 is 15.4 Å². The molecule has 25 heavy (non-hydrogen) atoms. The standard InChI is InChI=1S/C19H19ClN2O3/c1-12(18-9-13-5-3-4-6-16(13)25-18)21-11-19(23)22-14-7-8-17(24-2)15(20)10-14/h3-10,12,21H,11H2,1-2H3,(H,22,23). The van der Waals surface area contributed by atoms with Gasteiger partial charge in [0.15, 0.2) is 0 Å². The molecule has 1 atom stereocenters. The molecule has 2 aromatic carbocycles. The normalized spacial score (nSPS) is 12.1. The minimum absolute atomic E-state index is 0.0856. The van der Waals surface area contributed by atoms with Crippen molar-refractivity contribution in [3.05, 3.63) is 59.3 Å². The Morgan fingerprint density at radius 2 is 2.04 bits per heavy atom. The van der Waals surface area contributed by atoms with Crippen molar-refractivity contribution in [2.24, 2.45) is 0 Å². The molecule has 1 aromatic heterocycles. The van der Waals surface area contributed by atoms with Crippen molar-refractivity contribution in [1.82, 2.24) is 5.32 Å². The van der Waals surface area contributed by atoms with Gasteiger partial charge in [-0.2, -0.15) is 0 Å². The number of hydrogen-bond acceptors (Lipinski definition) is 4. The van der Waals surface area contributed by atoms with Crippen LogP contribution in [0.25, 0.3) is 11.0 Å². The lowest BCUT2D eigenvalue weighted by Crippen LogP contribution is -2.29. The Balaban J connectivity index is 1.57. The molecule has 0 spiro atoms. The fourth-order valence-corrected chi connectivity index (χ4v) is 2.77. The van der Waals surface area contributed by atoms with Gasteiger partial charge in [-0.3, -0.25) is 10.1 Å². The van der Waals surface area contributed by atoms with E-state index >= 15 is 0 Å². The number of methoxy groups -OCH3 is 1. The molecule has 1 heterocycles. The average molecular weight is 359 g/mol. The molecule has 1 unspecified atom stereocenters. The Morgan fingerprint density at radius 3 is 2.76 bits per heavy atom. The molecule has 0 aliphatic rings. The van der Waals surface area contributed by atoms with E-state index in [0.717, 1.165) is 16.7 Å². The summed E-state index contributed by atoms with van der Waals surface area (Å²) in [6.45, 7) is 2.11. The Hall–Kier alpha value is -2.50. The van der Waals surface area contributed by atoms with E-state index in [9.17, 15) is 4.79 Å². The quantitative estimate of drug-likeness (QED) is 0.686. The summed E-state index contributed by atoms with van der Waals surface area (Å²) in [6, 6.07) is 14.8. The average Bonchev–Trinajstić information content (AvgIpc) is 3.04. The zero-order chi connectivity index (χ0) is 17.8. The number of furan rings is 1. The molecule has 5 nitrogen and oxygen atoms in total. The molecular formula is C19H19ClN2O3. The smallest absolute Gasteiger partial charge is 0.238 e. The highest BCUT2D eigenvalue weighted by molar-refractivity contribution is 6.32. The number of carbonyl (C=O) groups excluding carboxylic acids is 1. The van der Waals surface area contributed by atoms with Crippen molar-refractivity contribution < 1.29 is 13.9 Å². The molecule has 0 aliphatic carbocycles. The number of para-hydroxylation sites is 1. The van der Waals surface area contributed by atoms with E-state index in [2.05, 4.69) is 10.6 Å². The van der Waals surface area contributed by atoms with Gasteiger partial charge in [0.05, 0.1) is 24.7 Å². The lowest BCUT2D eigenvalue weighted by molar-refractivity contribution is -0.115. The van der Waals surface area contributed by atoms with E-state index in [-0.39, 0.29) is 18.5 Å². The fourth-order valence-electron chi connectivity index (χ4n) is 2.51. The number of rotatable bonds is 6. The number of nitrogens with one attached hydrogen (secondary N) is 2. The first-order chi connectivity index (χ1) is 12.1. The molecule has 0 aliphatic heterocycles. The van der Waals surface area contributed by atoms with Crippen LogP contribution >= 0.6 is 11.6 Å². The minimum atomic E-state index is -0.163. The van der Waals surface area contributed by atoms with Crippen molar-refractivity contribution in [1.29, 1.82) is 0 Å². The first-order valence-electron chi connectivity index (χ1n) is 7.92. The Bertz CT molecular complexity index is 858. The lowest BCUT2D eigenvalue weighted by atomic mass is 10.2. The second kappa shape index (κ2) is 7.59. The molecule has 0 saturated carbocycles. The third kappa shape index (κ3) is 4.13. The summed E-state index contributed by atoms with van der Waals surface area (Å²) < 4.78 is 10.9. The van der Waals surface area contributed by atoms with Gasteiger partial charge in [0, 0.05) is 11.1 Å². The number of carbonyl (C=O) groups is 1. The number of amides is 1. The number of halogens is 1. The van der Waals surface area contributed by atoms with Crippen LogP contribution in [0.2, 0.25) is 5.02 Å². The molecule has 2 N–H and O–H groups in total. The number of benzene rings is 2. The third-order valence-corrected chi connectivity index (χ3v) is 4.17. The molecule has 0 radical (unpaired) electrons. The topological polar surface area (TPSA) is 63.5 Å². The number of anilines is 1. The Morgan fingerprint density at radius 1 is 1.24 bits per heavy atom. The molecule has 3 rings (SSSR count). The van der Waals surface area contributed by atoms with Crippen LogP contribution in [0, 0.1) is 0 Å². The van der Waals surface area contributed by atoms with Crippen molar-refractivity contribution >= 4 is 34.2 Å². The third-order valence-electron chi connectivity index (χ3n) is 3.88. The number of hydrogen-bond donors (Lipinski definition) is 2. The largest absolute Gasteiger partial charge is 0.495 e. The van der Waals surface area contributed by atoms with E-state index in [0.29, 0.717) is 16.5 Å². The van der Waals surface area contributed by atoms with Crippen LogP contribution in [0.4, 0.5) is 5.69 Å². The molecule has 0 saturated heterocycles. The fraction of sp³-hybridized carbons (Fsp3) is 0.211. The highest BCUT2D eigenvalue weighted by Crippen LogP contribution is 2.27. The van der Waals surface area contributed by atoms with Crippen molar-refractivity contribution in [3.63, 3.8) is 0 Å². The van der Waals surface area contributed by atoms with Gasteiger partial charge >= 0.3 is 0 Å². The second-order valence-corrected chi connectivity index (χ2v) is 6.09. The van der Waals surface area contributed by atoms with Crippen molar-refractivity contribution in [2.45, 2.75) is 13.0 Å². The first kappa shape index (κ1) is 17.3. The molecule has 6 heteroatoms. The Labute approximate surface area is 150 Å². The van der Waals surface area contributed by atoms with Crippen LogP contribution in [-0.2, 0) is 4.79 Å². The maximum absolute atomic E-state index is 12.1. The zero-order valence-electron chi connectivity index (χ0n) is 14.0. The monoisotopic (exact) mass is 358 g/mol. The predicted molar refractivity (Wildman–Crippen MR) is 99.3 cm³/mol. The van der Waals surface area contributed by atoms with E-state index in [1.165, 1.54) is 0 Å². The first-order valence-corrected chi connectivity index (χ1v) is 8.30. The maximum Gasteiger partial charge on any atom is 0.238 e. The van der Waals surface area contributed by atoms with E-state index < -0.39 is 0 Å². The summed E-state index contributed by atoms with van der Waals surface area (Å²) in [5.74, 6) is 1.20. The maximum atomic E-state index is 12.1. The van der Waals surface area contributed by atoms with Gasteiger partial charge in [-0.1, -0.05) is 29.8 Å². The molecule has 0 fully saturated rings. The van der Waals surface area contributed by atoms with Gasteiger partial charge < -0.3 is 14.5 Å². The summed E-state index contributed by atoms with van der Waals surface area (Å²) >= 11 is 6.05. The summed E-state index contributed by atoms with van der Waals surface area (Å²) in [4.78, 5) is 12.1. The SMILES string of the molecule is COc1ccc(NC(=O)CNC(C)c2cc3ccccc3o2)cc1Cl. The van der Waals surface area contributed by atoms with E-state index in [1.54, 1.807) is 25.3 Å². The van der Waals surface area contributed by atoms with Crippen LogP contribution in [0.5, 0.6) is 5.75 Å². The molecule has 1 amide bonds. The molecule has 130 valence electrons. The summed E-state index contributed by atoms with van der Waals surface area (Å²) in [5, 5.41) is 7.44. The van der Waals surface area contributed by atoms with Crippen LogP contribution in [0.3, 0.4) is 0 Å². The number of fused-ring (bicyclic) bond motifs is 1.